The number of hydrogen-bond donors (Lipinski definition) is 0. The molecule has 0 saturated heterocycles. The quantitative estimate of drug-likeness (QED) is 0.478. The van der Waals surface area contributed by atoms with Crippen LogP contribution in [0.3, 0.4) is 0 Å². The molecule has 2 saturated carbocycles. The number of aryl methyl sites for hydroxylation is 1. The molecule has 0 heterocycles. The van der Waals surface area contributed by atoms with E-state index in [1.54, 1.807) is 17.7 Å². The Labute approximate surface area is 164 Å². The van der Waals surface area contributed by atoms with Crippen molar-refractivity contribution in [1.82, 2.24) is 0 Å². The first-order valence-electron chi connectivity index (χ1n) is 11.0. The summed E-state index contributed by atoms with van der Waals surface area (Å²) in [6.45, 7) is 2.22. The van der Waals surface area contributed by atoms with Gasteiger partial charge in [0, 0.05) is 0 Å². The summed E-state index contributed by atoms with van der Waals surface area (Å²) >= 11 is 0. The van der Waals surface area contributed by atoms with Gasteiger partial charge in [-0.1, -0.05) is 44.0 Å². The minimum absolute atomic E-state index is 0.287. The molecule has 1 nitrogen and oxygen atoms in total. The van der Waals surface area contributed by atoms with Gasteiger partial charge >= 0.3 is 0 Å². The molecule has 1 aromatic rings. The molecule has 2 aliphatic carbocycles. The number of benzene rings is 1. The van der Waals surface area contributed by atoms with Gasteiger partial charge in [-0.2, -0.15) is 9.65 Å². The lowest BCUT2D eigenvalue weighted by atomic mass is 9.74. The van der Waals surface area contributed by atoms with Crippen LogP contribution < -0.4 is 0 Å². The van der Waals surface area contributed by atoms with Crippen LogP contribution in [0.25, 0.3) is 0 Å². The lowest BCUT2D eigenvalue weighted by Crippen LogP contribution is -2.17. The summed E-state index contributed by atoms with van der Waals surface area (Å²) in [5.74, 6) is 2.18. The molecule has 0 amide bonds. The van der Waals surface area contributed by atoms with Crippen molar-refractivity contribution in [3.63, 3.8) is 0 Å². The molecule has 0 spiro atoms. The SMILES string of the molecule is CCc1ccc(C2CCC(CCC3CCC(C=C(F)C#N)CC3)CC2)cc1. The van der Waals surface area contributed by atoms with E-state index in [4.69, 9.17) is 5.26 Å². The lowest BCUT2D eigenvalue weighted by molar-refractivity contribution is 0.245. The van der Waals surface area contributed by atoms with Crippen LogP contribution in [0, 0.1) is 29.1 Å². The van der Waals surface area contributed by atoms with Crippen molar-refractivity contribution in [3.8, 4) is 6.07 Å². The standard InChI is InChI=1S/C25H34FN/c1-2-19-9-13-23(14-10-19)24-15-11-21(12-16-24)4-3-20-5-7-22(8-6-20)17-25(26)18-27/h9-10,13-14,17,20-22,24H,2-8,11-12,15-16H2,1H3. The molecule has 0 radical (unpaired) electrons. The zero-order chi connectivity index (χ0) is 19.1. The van der Waals surface area contributed by atoms with E-state index in [1.165, 1.54) is 56.9 Å². The van der Waals surface area contributed by atoms with Gasteiger partial charge in [-0.05, 0) is 98.7 Å². The van der Waals surface area contributed by atoms with Crippen molar-refractivity contribution < 1.29 is 4.39 Å². The summed E-state index contributed by atoms with van der Waals surface area (Å²) < 4.78 is 13.1. The molecule has 0 N–H and O–H groups in total. The first-order valence-corrected chi connectivity index (χ1v) is 11.0. The molecule has 0 unspecified atom stereocenters. The average molecular weight is 368 g/mol. The van der Waals surface area contributed by atoms with Crippen molar-refractivity contribution in [1.29, 1.82) is 5.26 Å². The lowest BCUT2D eigenvalue weighted by Gasteiger charge is -2.31. The topological polar surface area (TPSA) is 23.8 Å². The zero-order valence-electron chi connectivity index (χ0n) is 16.8. The maximum Gasteiger partial charge on any atom is 0.196 e. The molecule has 0 aliphatic heterocycles. The fraction of sp³-hybridized carbons (Fsp3) is 0.640. The number of halogens is 1. The van der Waals surface area contributed by atoms with Crippen molar-refractivity contribution in [2.75, 3.05) is 0 Å². The van der Waals surface area contributed by atoms with Gasteiger partial charge in [-0.25, -0.2) is 0 Å². The van der Waals surface area contributed by atoms with E-state index >= 15 is 0 Å². The predicted molar refractivity (Wildman–Crippen MR) is 110 cm³/mol. The van der Waals surface area contributed by atoms with Crippen molar-refractivity contribution >= 4 is 0 Å². The number of allylic oxidation sites excluding steroid dienone is 2. The van der Waals surface area contributed by atoms with Crippen LogP contribution in [0.1, 0.15) is 88.2 Å². The van der Waals surface area contributed by atoms with E-state index in [2.05, 4.69) is 31.2 Å². The fourth-order valence-corrected chi connectivity index (χ4v) is 5.17. The fourth-order valence-electron chi connectivity index (χ4n) is 5.17. The van der Waals surface area contributed by atoms with Gasteiger partial charge in [-0.15, -0.1) is 0 Å². The Morgan fingerprint density at radius 3 is 2.04 bits per heavy atom. The Hall–Kier alpha value is -1.62. The highest BCUT2D eigenvalue weighted by atomic mass is 19.1. The van der Waals surface area contributed by atoms with Crippen LogP contribution >= 0.6 is 0 Å². The van der Waals surface area contributed by atoms with Crippen LogP contribution in [0.15, 0.2) is 36.2 Å². The molecular weight excluding hydrogens is 333 g/mol. The van der Waals surface area contributed by atoms with Crippen LogP contribution in [0.4, 0.5) is 4.39 Å². The Kier molecular flexibility index (Phi) is 7.50. The third kappa shape index (κ3) is 5.93. The van der Waals surface area contributed by atoms with E-state index in [1.807, 2.05) is 0 Å². The van der Waals surface area contributed by atoms with Crippen LogP contribution in [-0.4, -0.2) is 0 Å². The monoisotopic (exact) mass is 367 g/mol. The van der Waals surface area contributed by atoms with Gasteiger partial charge in [0.05, 0.1) is 0 Å². The minimum Gasteiger partial charge on any atom is -0.195 e. The maximum atomic E-state index is 13.1. The highest BCUT2D eigenvalue weighted by molar-refractivity contribution is 5.25. The summed E-state index contributed by atoms with van der Waals surface area (Å²) in [7, 11) is 0. The second-order valence-corrected chi connectivity index (χ2v) is 8.80. The Bertz CT molecular complexity index is 638. The smallest absolute Gasteiger partial charge is 0.195 e. The van der Waals surface area contributed by atoms with Gasteiger partial charge in [0.15, 0.2) is 5.83 Å². The molecule has 0 aromatic heterocycles. The summed E-state index contributed by atoms with van der Waals surface area (Å²) in [4.78, 5) is 0. The van der Waals surface area contributed by atoms with Gasteiger partial charge in [0.1, 0.15) is 6.07 Å². The summed E-state index contributed by atoms with van der Waals surface area (Å²) in [5.41, 5.74) is 2.98. The van der Waals surface area contributed by atoms with E-state index in [-0.39, 0.29) is 5.92 Å². The molecular formula is C25H34FN. The number of nitriles is 1. The molecule has 146 valence electrons. The van der Waals surface area contributed by atoms with E-state index in [0.29, 0.717) is 0 Å². The van der Waals surface area contributed by atoms with Crippen LogP contribution in [-0.2, 0) is 6.42 Å². The molecule has 2 fully saturated rings. The Balaban J connectivity index is 1.36. The highest BCUT2D eigenvalue weighted by Crippen LogP contribution is 2.40. The number of nitrogens with zero attached hydrogens (tertiary/aromatic N) is 1. The average Bonchev–Trinajstić information content (AvgIpc) is 2.73. The predicted octanol–water partition coefficient (Wildman–Crippen LogP) is 7.49. The van der Waals surface area contributed by atoms with E-state index < -0.39 is 5.83 Å². The van der Waals surface area contributed by atoms with Crippen LogP contribution in [0.2, 0.25) is 0 Å². The van der Waals surface area contributed by atoms with E-state index in [9.17, 15) is 4.39 Å². The summed E-state index contributed by atoms with van der Waals surface area (Å²) in [6.07, 6.45) is 15.4. The highest BCUT2D eigenvalue weighted by Gasteiger charge is 2.25. The first kappa shape index (κ1) is 20.1. The Morgan fingerprint density at radius 1 is 0.963 bits per heavy atom. The maximum absolute atomic E-state index is 13.1. The molecule has 3 rings (SSSR count). The van der Waals surface area contributed by atoms with Gasteiger partial charge < -0.3 is 0 Å². The van der Waals surface area contributed by atoms with Gasteiger partial charge in [0.25, 0.3) is 0 Å². The van der Waals surface area contributed by atoms with Crippen molar-refractivity contribution in [3.05, 3.63) is 47.3 Å². The molecule has 0 atom stereocenters. The minimum atomic E-state index is -0.598. The third-order valence-corrected chi connectivity index (χ3v) is 7.07. The second-order valence-electron chi connectivity index (χ2n) is 8.80. The van der Waals surface area contributed by atoms with Crippen LogP contribution in [0.5, 0.6) is 0 Å². The summed E-state index contributed by atoms with van der Waals surface area (Å²) in [5, 5.41) is 8.57. The van der Waals surface area contributed by atoms with Gasteiger partial charge in [-0.3, -0.25) is 0 Å². The zero-order valence-corrected chi connectivity index (χ0v) is 16.8. The molecule has 2 aliphatic rings. The van der Waals surface area contributed by atoms with E-state index in [0.717, 1.165) is 37.0 Å². The largest absolute Gasteiger partial charge is 0.196 e. The normalized spacial score (nSPS) is 29.3. The third-order valence-electron chi connectivity index (χ3n) is 7.07. The Morgan fingerprint density at radius 2 is 1.52 bits per heavy atom. The molecule has 2 heteroatoms. The summed E-state index contributed by atoms with van der Waals surface area (Å²) in [6, 6.07) is 10.9. The molecule has 0 bridgehead atoms. The van der Waals surface area contributed by atoms with Crippen molar-refractivity contribution in [2.45, 2.75) is 83.5 Å². The number of hydrogen-bond acceptors (Lipinski definition) is 1. The number of rotatable bonds is 6. The van der Waals surface area contributed by atoms with Gasteiger partial charge in [0.2, 0.25) is 0 Å². The second kappa shape index (κ2) is 10.1. The van der Waals surface area contributed by atoms with Crippen molar-refractivity contribution in [2.24, 2.45) is 17.8 Å². The molecule has 27 heavy (non-hydrogen) atoms. The first-order chi connectivity index (χ1) is 13.2. The molecule has 1 aromatic carbocycles.